The average Bonchev–Trinajstić information content (AvgIpc) is 2.79. The van der Waals surface area contributed by atoms with Gasteiger partial charge in [0.05, 0.1) is 12.8 Å². The summed E-state index contributed by atoms with van der Waals surface area (Å²) in [6.07, 6.45) is 0.782. The molecule has 1 aliphatic heterocycles. The van der Waals surface area contributed by atoms with Crippen LogP contribution in [0.4, 0.5) is 11.4 Å². The zero-order valence-electron chi connectivity index (χ0n) is 18.0. The zero-order valence-corrected chi connectivity index (χ0v) is 18.7. The van der Waals surface area contributed by atoms with E-state index < -0.39 is 11.8 Å². The molecule has 2 amide bonds. The van der Waals surface area contributed by atoms with Crippen molar-refractivity contribution in [2.45, 2.75) is 13.3 Å². The van der Waals surface area contributed by atoms with Gasteiger partial charge in [-0.25, -0.2) is 0 Å². The van der Waals surface area contributed by atoms with Crippen molar-refractivity contribution in [1.82, 2.24) is 10.2 Å². The number of rotatable bonds is 7. The molecule has 2 aromatic rings. The number of carbonyl (C=O) groups is 2. The van der Waals surface area contributed by atoms with Crippen LogP contribution in [0.3, 0.4) is 0 Å². The van der Waals surface area contributed by atoms with E-state index >= 15 is 0 Å². The summed E-state index contributed by atoms with van der Waals surface area (Å²) in [6, 6.07) is 13.2. The summed E-state index contributed by atoms with van der Waals surface area (Å²) >= 11 is 5.95. The average molecular weight is 445 g/mol. The highest BCUT2D eigenvalue weighted by Gasteiger charge is 2.19. The van der Waals surface area contributed by atoms with Gasteiger partial charge in [0.2, 0.25) is 0 Å². The number of methoxy groups -OCH3 is 1. The Morgan fingerprint density at radius 1 is 1.06 bits per heavy atom. The van der Waals surface area contributed by atoms with Gasteiger partial charge in [-0.15, -0.1) is 0 Å². The lowest BCUT2D eigenvalue weighted by molar-refractivity contribution is -0.136. The van der Waals surface area contributed by atoms with Gasteiger partial charge in [0, 0.05) is 43.4 Å². The van der Waals surface area contributed by atoms with Crippen LogP contribution in [0.15, 0.2) is 42.5 Å². The van der Waals surface area contributed by atoms with E-state index in [0.29, 0.717) is 17.3 Å². The molecule has 0 radical (unpaired) electrons. The van der Waals surface area contributed by atoms with E-state index in [-0.39, 0.29) is 0 Å². The van der Waals surface area contributed by atoms with Gasteiger partial charge < -0.3 is 20.3 Å². The number of ether oxygens (including phenoxy) is 1. The van der Waals surface area contributed by atoms with E-state index in [4.69, 9.17) is 16.3 Å². The monoisotopic (exact) mass is 444 g/mol. The SMILES string of the molecule is COc1ccccc1N1CCN(CCCNC(=O)C(=O)Nc2cc(Cl)ccc2C)CC1. The quantitative estimate of drug-likeness (QED) is 0.507. The summed E-state index contributed by atoms with van der Waals surface area (Å²) in [5.41, 5.74) is 2.51. The van der Waals surface area contributed by atoms with Gasteiger partial charge in [0.15, 0.2) is 0 Å². The Balaban J connectivity index is 1.36. The number of aryl methyl sites for hydroxylation is 1. The van der Waals surface area contributed by atoms with Crippen LogP contribution in [-0.4, -0.2) is 63.1 Å². The highest BCUT2D eigenvalue weighted by molar-refractivity contribution is 6.40. The Morgan fingerprint density at radius 3 is 2.55 bits per heavy atom. The molecule has 7 nitrogen and oxygen atoms in total. The van der Waals surface area contributed by atoms with Crippen LogP contribution in [-0.2, 0) is 9.59 Å². The van der Waals surface area contributed by atoms with Gasteiger partial charge in [0.25, 0.3) is 0 Å². The van der Waals surface area contributed by atoms with Gasteiger partial charge in [-0.2, -0.15) is 0 Å². The highest BCUT2D eigenvalue weighted by atomic mass is 35.5. The maximum atomic E-state index is 12.1. The lowest BCUT2D eigenvalue weighted by atomic mass is 10.2. The zero-order chi connectivity index (χ0) is 22.2. The molecule has 1 heterocycles. The number of carbonyl (C=O) groups excluding carboxylic acids is 2. The predicted octanol–water partition coefficient (Wildman–Crippen LogP) is 2.92. The molecule has 0 bridgehead atoms. The van der Waals surface area contributed by atoms with Gasteiger partial charge in [0.1, 0.15) is 5.75 Å². The minimum Gasteiger partial charge on any atom is -0.495 e. The molecule has 31 heavy (non-hydrogen) atoms. The summed E-state index contributed by atoms with van der Waals surface area (Å²) in [5.74, 6) is -0.430. The molecule has 1 aliphatic rings. The first-order valence-corrected chi connectivity index (χ1v) is 10.8. The number of anilines is 2. The minimum atomic E-state index is -0.684. The van der Waals surface area contributed by atoms with E-state index in [0.717, 1.165) is 56.1 Å². The Kier molecular flexibility index (Phi) is 8.14. The maximum absolute atomic E-state index is 12.1. The van der Waals surface area contributed by atoms with Crippen LogP contribution in [0.5, 0.6) is 5.75 Å². The molecule has 1 saturated heterocycles. The van der Waals surface area contributed by atoms with E-state index in [9.17, 15) is 9.59 Å². The van der Waals surface area contributed by atoms with Gasteiger partial charge in [-0.1, -0.05) is 29.8 Å². The Bertz CT molecular complexity index is 913. The predicted molar refractivity (Wildman–Crippen MR) is 124 cm³/mol. The van der Waals surface area contributed by atoms with Crippen molar-refractivity contribution < 1.29 is 14.3 Å². The third-order valence-corrected chi connectivity index (χ3v) is 5.62. The van der Waals surface area contributed by atoms with Crippen LogP contribution in [0.2, 0.25) is 5.02 Å². The largest absolute Gasteiger partial charge is 0.495 e. The van der Waals surface area contributed by atoms with Crippen LogP contribution in [0.1, 0.15) is 12.0 Å². The summed E-state index contributed by atoms with van der Waals surface area (Å²) in [4.78, 5) is 28.9. The first-order chi connectivity index (χ1) is 15.0. The van der Waals surface area contributed by atoms with Crippen molar-refractivity contribution in [3.05, 3.63) is 53.1 Å². The Hall–Kier alpha value is -2.77. The Morgan fingerprint density at radius 2 is 1.81 bits per heavy atom. The molecule has 0 saturated carbocycles. The first kappa shape index (κ1) is 22.9. The number of nitrogens with one attached hydrogen (secondary N) is 2. The van der Waals surface area contributed by atoms with Crippen molar-refractivity contribution in [1.29, 1.82) is 0 Å². The molecule has 0 atom stereocenters. The van der Waals surface area contributed by atoms with Crippen molar-refractivity contribution in [3.8, 4) is 5.75 Å². The van der Waals surface area contributed by atoms with Crippen LogP contribution in [0, 0.1) is 6.92 Å². The smallest absolute Gasteiger partial charge is 0.313 e. The fraction of sp³-hybridized carbons (Fsp3) is 0.391. The van der Waals surface area contributed by atoms with Crippen molar-refractivity contribution in [2.75, 3.05) is 56.6 Å². The topological polar surface area (TPSA) is 73.9 Å². The molecule has 0 aliphatic carbocycles. The molecule has 2 aromatic carbocycles. The number of nitrogens with zero attached hydrogens (tertiary/aromatic N) is 2. The van der Waals surface area contributed by atoms with E-state index in [1.807, 2.05) is 25.1 Å². The molecule has 8 heteroatoms. The molecule has 166 valence electrons. The lowest BCUT2D eigenvalue weighted by Crippen LogP contribution is -2.47. The summed E-state index contributed by atoms with van der Waals surface area (Å²) in [6.45, 7) is 6.91. The number of hydrogen-bond donors (Lipinski definition) is 2. The minimum absolute atomic E-state index is 0.452. The molecular formula is C23H29ClN4O3. The lowest BCUT2D eigenvalue weighted by Gasteiger charge is -2.36. The van der Waals surface area contributed by atoms with Gasteiger partial charge >= 0.3 is 11.8 Å². The molecule has 0 spiro atoms. The van der Waals surface area contributed by atoms with E-state index in [1.165, 1.54) is 0 Å². The summed E-state index contributed by atoms with van der Waals surface area (Å²) in [5, 5.41) is 5.80. The van der Waals surface area contributed by atoms with E-state index in [1.54, 1.807) is 25.3 Å². The number of benzene rings is 2. The number of para-hydroxylation sites is 2. The molecule has 2 N–H and O–H groups in total. The number of piperazine rings is 1. The normalized spacial score (nSPS) is 14.2. The maximum Gasteiger partial charge on any atom is 0.313 e. The third kappa shape index (κ3) is 6.35. The highest BCUT2D eigenvalue weighted by Crippen LogP contribution is 2.28. The van der Waals surface area contributed by atoms with E-state index in [2.05, 4.69) is 26.5 Å². The molecule has 1 fully saturated rings. The first-order valence-electron chi connectivity index (χ1n) is 10.4. The fourth-order valence-corrected chi connectivity index (χ4v) is 3.77. The summed E-state index contributed by atoms with van der Waals surface area (Å²) in [7, 11) is 1.69. The summed E-state index contributed by atoms with van der Waals surface area (Å²) < 4.78 is 5.46. The van der Waals surface area contributed by atoms with Crippen molar-refractivity contribution in [2.24, 2.45) is 0 Å². The molecule has 3 rings (SSSR count). The van der Waals surface area contributed by atoms with Gasteiger partial charge in [-0.05, 0) is 49.7 Å². The van der Waals surface area contributed by atoms with Crippen LogP contribution < -0.4 is 20.3 Å². The molecule has 0 aromatic heterocycles. The molecular weight excluding hydrogens is 416 g/mol. The number of hydrogen-bond acceptors (Lipinski definition) is 5. The molecule has 0 unspecified atom stereocenters. The second-order valence-corrected chi connectivity index (χ2v) is 7.96. The van der Waals surface area contributed by atoms with Crippen molar-refractivity contribution >= 4 is 34.8 Å². The van der Waals surface area contributed by atoms with Gasteiger partial charge in [-0.3, -0.25) is 14.5 Å². The van der Waals surface area contributed by atoms with Crippen LogP contribution >= 0.6 is 11.6 Å². The second-order valence-electron chi connectivity index (χ2n) is 7.52. The van der Waals surface area contributed by atoms with Crippen molar-refractivity contribution in [3.63, 3.8) is 0 Å². The second kappa shape index (κ2) is 11.0. The van der Waals surface area contributed by atoms with Crippen LogP contribution in [0.25, 0.3) is 0 Å². The standard InChI is InChI=1S/C23H29ClN4O3/c1-17-8-9-18(24)16-19(17)26-23(30)22(29)25-10-5-11-27-12-14-28(15-13-27)20-6-3-4-7-21(20)31-2/h3-4,6-9,16H,5,10-15H2,1-2H3,(H,25,29)(H,26,30). The fourth-order valence-electron chi connectivity index (χ4n) is 3.60. The number of amides is 2. The Labute approximate surface area is 188 Å². The number of halogens is 1. The third-order valence-electron chi connectivity index (χ3n) is 5.39.